The molecule has 0 spiro atoms. The Kier molecular flexibility index (Phi) is 4.88. The summed E-state index contributed by atoms with van der Waals surface area (Å²) in [5.74, 6) is 2.68. The minimum absolute atomic E-state index is 0.0292. The van der Waals surface area contributed by atoms with E-state index in [1.54, 1.807) is 7.11 Å². The van der Waals surface area contributed by atoms with Gasteiger partial charge in [-0.15, -0.1) is 0 Å². The van der Waals surface area contributed by atoms with Crippen LogP contribution in [-0.4, -0.2) is 36.9 Å². The maximum absolute atomic E-state index is 12.9. The van der Waals surface area contributed by atoms with Gasteiger partial charge in [0.2, 0.25) is 11.8 Å². The Morgan fingerprint density at radius 1 is 1.08 bits per heavy atom. The zero-order valence-electron chi connectivity index (χ0n) is 15.4. The van der Waals surface area contributed by atoms with Gasteiger partial charge in [-0.3, -0.25) is 9.59 Å². The first-order valence-corrected chi connectivity index (χ1v) is 9.88. The highest BCUT2D eigenvalue weighted by Gasteiger charge is 2.44. The average molecular weight is 356 g/mol. The first-order valence-electron chi connectivity index (χ1n) is 9.88. The molecule has 5 heteroatoms. The van der Waals surface area contributed by atoms with E-state index < -0.39 is 0 Å². The highest BCUT2D eigenvalue weighted by atomic mass is 16.5. The average Bonchev–Trinajstić information content (AvgIpc) is 3.31. The molecule has 1 aliphatic heterocycles. The number of methoxy groups -OCH3 is 1. The van der Waals surface area contributed by atoms with Gasteiger partial charge in [0.25, 0.3) is 0 Å². The van der Waals surface area contributed by atoms with Crippen LogP contribution in [-0.2, 0) is 9.59 Å². The number of carbonyl (C=O) groups excluding carboxylic acids is 2. The molecule has 1 aromatic rings. The van der Waals surface area contributed by atoms with Gasteiger partial charge in [0.15, 0.2) is 0 Å². The number of carbonyl (C=O) groups is 2. The molecule has 5 nitrogen and oxygen atoms in total. The van der Waals surface area contributed by atoms with E-state index in [-0.39, 0.29) is 17.7 Å². The Balaban J connectivity index is 1.30. The predicted octanol–water partition coefficient (Wildman–Crippen LogP) is 3.31. The molecule has 2 amide bonds. The van der Waals surface area contributed by atoms with Crippen LogP contribution < -0.4 is 10.1 Å². The third-order valence-corrected chi connectivity index (χ3v) is 6.60. The fourth-order valence-corrected chi connectivity index (χ4v) is 5.13. The second kappa shape index (κ2) is 7.29. The highest BCUT2D eigenvalue weighted by molar-refractivity contribution is 5.94. The summed E-state index contributed by atoms with van der Waals surface area (Å²) < 4.78 is 5.30. The van der Waals surface area contributed by atoms with Crippen molar-refractivity contribution in [2.75, 3.05) is 25.5 Å². The van der Waals surface area contributed by atoms with Crippen molar-refractivity contribution < 1.29 is 14.3 Å². The van der Waals surface area contributed by atoms with Crippen LogP contribution in [0.3, 0.4) is 0 Å². The summed E-state index contributed by atoms with van der Waals surface area (Å²) in [6.07, 6.45) is 6.39. The van der Waals surface area contributed by atoms with E-state index in [2.05, 4.69) is 5.32 Å². The zero-order chi connectivity index (χ0) is 18.1. The van der Waals surface area contributed by atoms with E-state index in [1.807, 2.05) is 29.2 Å². The number of anilines is 1. The maximum Gasteiger partial charge on any atom is 0.227 e. The standard InChI is InChI=1S/C21H28N2O3/c1-26-19-5-3-2-4-18(19)22-20(24)15-8-10-23(11-9-15)21(25)17-13-14-6-7-16(17)12-14/h2-5,14-17H,6-13H2,1H3,(H,22,24)/t14-,16-,17+/m0/s1. The van der Waals surface area contributed by atoms with Gasteiger partial charge in [0, 0.05) is 24.9 Å². The van der Waals surface area contributed by atoms with Crippen molar-refractivity contribution in [1.29, 1.82) is 0 Å². The first-order chi connectivity index (χ1) is 12.7. The van der Waals surface area contributed by atoms with Crippen LogP contribution in [0.4, 0.5) is 5.69 Å². The summed E-state index contributed by atoms with van der Waals surface area (Å²) in [4.78, 5) is 27.5. The molecule has 4 rings (SSSR count). The van der Waals surface area contributed by atoms with E-state index in [4.69, 9.17) is 4.74 Å². The van der Waals surface area contributed by atoms with Crippen molar-refractivity contribution in [3.63, 3.8) is 0 Å². The van der Waals surface area contributed by atoms with E-state index in [1.165, 1.54) is 19.3 Å². The number of likely N-dealkylation sites (tertiary alicyclic amines) is 1. The molecular weight excluding hydrogens is 328 g/mol. The van der Waals surface area contributed by atoms with Crippen molar-refractivity contribution in [2.45, 2.75) is 38.5 Å². The molecule has 1 N–H and O–H groups in total. The molecule has 3 aliphatic rings. The number of rotatable bonds is 4. The normalized spacial score (nSPS) is 28.2. The largest absolute Gasteiger partial charge is 0.495 e. The number of ether oxygens (including phenoxy) is 1. The molecule has 3 fully saturated rings. The molecule has 140 valence electrons. The van der Waals surface area contributed by atoms with Crippen LogP contribution in [0, 0.1) is 23.7 Å². The zero-order valence-corrected chi connectivity index (χ0v) is 15.4. The number of hydrogen-bond donors (Lipinski definition) is 1. The summed E-state index contributed by atoms with van der Waals surface area (Å²) in [5, 5.41) is 2.98. The number of para-hydroxylation sites is 2. The lowest BCUT2D eigenvalue weighted by molar-refractivity contribution is -0.140. The SMILES string of the molecule is COc1ccccc1NC(=O)C1CCN(C(=O)[C@@H]2C[C@H]3CC[C@H]2C3)CC1. The summed E-state index contributed by atoms with van der Waals surface area (Å²) in [5.41, 5.74) is 0.709. The molecule has 3 atom stereocenters. The Hall–Kier alpha value is -2.04. The third-order valence-electron chi connectivity index (χ3n) is 6.60. The lowest BCUT2D eigenvalue weighted by Gasteiger charge is -2.35. The van der Waals surface area contributed by atoms with Crippen LogP contribution in [0.1, 0.15) is 38.5 Å². The Labute approximate surface area is 155 Å². The molecule has 0 unspecified atom stereocenters. The van der Waals surface area contributed by atoms with Gasteiger partial charge in [-0.2, -0.15) is 0 Å². The van der Waals surface area contributed by atoms with Gasteiger partial charge >= 0.3 is 0 Å². The topological polar surface area (TPSA) is 58.6 Å². The lowest BCUT2D eigenvalue weighted by Crippen LogP contribution is -2.45. The number of nitrogens with zero attached hydrogens (tertiary/aromatic N) is 1. The van der Waals surface area contributed by atoms with Gasteiger partial charge in [-0.1, -0.05) is 18.6 Å². The van der Waals surface area contributed by atoms with Gasteiger partial charge in [0.1, 0.15) is 5.75 Å². The van der Waals surface area contributed by atoms with Crippen molar-refractivity contribution in [1.82, 2.24) is 4.90 Å². The summed E-state index contributed by atoms with van der Waals surface area (Å²) in [7, 11) is 1.60. The summed E-state index contributed by atoms with van der Waals surface area (Å²) in [6, 6.07) is 7.46. The van der Waals surface area contributed by atoms with Crippen LogP contribution in [0.2, 0.25) is 0 Å². The van der Waals surface area contributed by atoms with E-state index >= 15 is 0 Å². The second-order valence-corrected chi connectivity index (χ2v) is 8.07. The molecule has 2 saturated carbocycles. The van der Waals surface area contributed by atoms with Gasteiger partial charge in [0.05, 0.1) is 12.8 Å². The van der Waals surface area contributed by atoms with Crippen LogP contribution >= 0.6 is 0 Å². The van der Waals surface area contributed by atoms with Crippen molar-refractivity contribution in [3.8, 4) is 5.75 Å². The molecule has 0 aromatic heterocycles. The predicted molar refractivity (Wildman–Crippen MR) is 99.9 cm³/mol. The van der Waals surface area contributed by atoms with Crippen molar-refractivity contribution >= 4 is 17.5 Å². The minimum Gasteiger partial charge on any atom is -0.495 e. The molecule has 1 saturated heterocycles. The number of fused-ring (bicyclic) bond motifs is 2. The maximum atomic E-state index is 12.9. The van der Waals surface area contributed by atoms with Crippen LogP contribution in [0.15, 0.2) is 24.3 Å². The quantitative estimate of drug-likeness (QED) is 0.900. The lowest BCUT2D eigenvalue weighted by atomic mass is 9.86. The molecule has 26 heavy (non-hydrogen) atoms. The van der Waals surface area contributed by atoms with E-state index in [0.29, 0.717) is 36.4 Å². The van der Waals surface area contributed by atoms with Crippen molar-refractivity contribution in [3.05, 3.63) is 24.3 Å². The molecule has 1 heterocycles. The van der Waals surface area contributed by atoms with Gasteiger partial charge < -0.3 is 15.0 Å². The Morgan fingerprint density at radius 3 is 2.50 bits per heavy atom. The number of nitrogens with one attached hydrogen (secondary N) is 1. The van der Waals surface area contributed by atoms with E-state index in [9.17, 15) is 9.59 Å². The smallest absolute Gasteiger partial charge is 0.227 e. The number of benzene rings is 1. The van der Waals surface area contributed by atoms with Crippen LogP contribution in [0.25, 0.3) is 0 Å². The number of amides is 2. The molecule has 2 bridgehead atoms. The Morgan fingerprint density at radius 2 is 1.85 bits per heavy atom. The van der Waals surface area contributed by atoms with Crippen LogP contribution in [0.5, 0.6) is 5.75 Å². The summed E-state index contributed by atoms with van der Waals surface area (Å²) in [6.45, 7) is 1.41. The Bertz CT molecular complexity index is 682. The van der Waals surface area contributed by atoms with Gasteiger partial charge in [-0.25, -0.2) is 0 Å². The second-order valence-electron chi connectivity index (χ2n) is 8.07. The molecule has 0 radical (unpaired) electrons. The molecular formula is C21H28N2O3. The first kappa shape index (κ1) is 17.4. The fourth-order valence-electron chi connectivity index (χ4n) is 5.13. The van der Waals surface area contributed by atoms with Crippen molar-refractivity contribution in [2.24, 2.45) is 23.7 Å². The molecule has 2 aliphatic carbocycles. The number of hydrogen-bond acceptors (Lipinski definition) is 3. The monoisotopic (exact) mass is 356 g/mol. The minimum atomic E-state index is -0.0380. The van der Waals surface area contributed by atoms with E-state index in [0.717, 1.165) is 25.2 Å². The molecule has 1 aromatic carbocycles. The highest BCUT2D eigenvalue weighted by Crippen LogP contribution is 2.49. The third kappa shape index (κ3) is 3.31. The number of piperidine rings is 1. The van der Waals surface area contributed by atoms with Gasteiger partial charge in [-0.05, 0) is 56.1 Å². The summed E-state index contributed by atoms with van der Waals surface area (Å²) >= 11 is 0. The fraction of sp³-hybridized carbons (Fsp3) is 0.619.